The Hall–Kier alpha value is -2.45. The Kier molecular flexibility index (Phi) is 4.35. The molecule has 1 rings (SSSR count). The fourth-order valence-corrected chi connectivity index (χ4v) is 1.18. The number of nitrogens with one attached hydrogen (secondary N) is 2. The van der Waals surface area contributed by atoms with Crippen molar-refractivity contribution >= 4 is 23.2 Å². The SMILES string of the molecule is CNc1ncnc(NCC(=O)N(C)C)c1[N+](=O)[O-]. The lowest BCUT2D eigenvalue weighted by atomic mass is 10.4. The predicted octanol–water partition coefficient (Wildman–Crippen LogP) is -0.0734. The predicted molar refractivity (Wildman–Crippen MR) is 65.4 cm³/mol. The minimum absolute atomic E-state index is 0.00884. The van der Waals surface area contributed by atoms with Gasteiger partial charge in [-0.25, -0.2) is 9.97 Å². The highest BCUT2D eigenvalue weighted by Gasteiger charge is 2.22. The van der Waals surface area contributed by atoms with E-state index in [2.05, 4.69) is 20.6 Å². The summed E-state index contributed by atoms with van der Waals surface area (Å²) in [5, 5.41) is 16.2. The second-order valence-corrected chi connectivity index (χ2v) is 3.57. The number of hydrogen-bond donors (Lipinski definition) is 2. The first-order valence-corrected chi connectivity index (χ1v) is 5.08. The maximum atomic E-state index is 11.4. The number of amides is 1. The molecule has 0 radical (unpaired) electrons. The Morgan fingerprint density at radius 1 is 1.44 bits per heavy atom. The van der Waals surface area contributed by atoms with Gasteiger partial charge < -0.3 is 15.5 Å². The van der Waals surface area contributed by atoms with Crippen LogP contribution in [0.4, 0.5) is 17.3 Å². The lowest BCUT2D eigenvalue weighted by Crippen LogP contribution is -2.29. The molecule has 1 amide bonds. The van der Waals surface area contributed by atoms with Gasteiger partial charge in [-0.2, -0.15) is 0 Å². The topological polar surface area (TPSA) is 113 Å². The molecule has 0 aliphatic carbocycles. The summed E-state index contributed by atoms with van der Waals surface area (Å²) in [4.78, 5) is 30.6. The largest absolute Gasteiger partial charge is 0.367 e. The van der Waals surface area contributed by atoms with Crippen molar-refractivity contribution in [3.8, 4) is 0 Å². The fourth-order valence-electron chi connectivity index (χ4n) is 1.18. The Morgan fingerprint density at radius 2 is 2.06 bits per heavy atom. The zero-order chi connectivity index (χ0) is 13.7. The quantitative estimate of drug-likeness (QED) is 0.558. The first kappa shape index (κ1) is 13.6. The summed E-state index contributed by atoms with van der Waals surface area (Å²) in [5.41, 5.74) is -0.286. The van der Waals surface area contributed by atoms with Gasteiger partial charge in [-0.3, -0.25) is 14.9 Å². The van der Waals surface area contributed by atoms with Crippen LogP contribution >= 0.6 is 0 Å². The van der Waals surface area contributed by atoms with Gasteiger partial charge in [0.2, 0.25) is 17.5 Å². The number of carbonyl (C=O) groups is 1. The minimum Gasteiger partial charge on any atom is -0.367 e. The summed E-state index contributed by atoms with van der Waals surface area (Å²) in [6, 6.07) is 0. The number of nitrogens with zero attached hydrogens (tertiary/aromatic N) is 4. The molecule has 1 aromatic rings. The molecule has 0 saturated carbocycles. The maximum absolute atomic E-state index is 11.4. The van der Waals surface area contributed by atoms with Crippen LogP contribution in [0.25, 0.3) is 0 Å². The number of carbonyl (C=O) groups excluding carboxylic acids is 1. The van der Waals surface area contributed by atoms with Crippen LogP contribution in [0.1, 0.15) is 0 Å². The van der Waals surface area contributed by atoms with Gasteiger partial charge in [-0.1, -0.05) is 0 Å². The number of aromatic nitrogens is 2. The second kappa shape index (κ2) is 5.75. The lowest BCUT2D eigenvalue weighted by molar-refractivity contribution is -0.383. The van der Waals surface area contributed by atoms with Gasteiger partial charge in [-0.15, -0.1) is 0 Å². The highest BCUT2D eigenvalue weighted by molar-refractivity contribution is 5.81. The third-order valence-corrected chi connectivity index (χ3v) is 2.15. The highest BCUT2D eigenvalue weighted by atomic mass is 16.6. The fraction of sp³-hybridized carbons (Fsp3) is 0.444. The van der Waals surface area contributed by atoms with Crippen molar-refractivity contribution in [2.75, 3.05) is 38.3 Å². The van der Waals surface area contributed by atoms with Gasteiger partial charge in [0.15, 0.2) is 0 Å². The maximum Gasteiger partial charge on any atom is 0.353 e. The van der Waals surface area contributed by atoms with Gasteiger partial charge in [0.1, 0.15) is 6.33 Å². The van der Waals surface area contributed by atoms with Gasteiger partial charge in [-0.05, 0) is 0 Å². The van der Waals surface area contributed by atoms with E-state index in [1.54, 1.807) is 14.1 Å². The van der Waals surface area contributed by atoms with E-state index in [0.29, 0.717) is 0 Å². The first-order chi connectivity index (χ1) is 8.47. The summed E-state index contributed by atoms with van der Waals surface area (Å²) in [6.07, 6.45) is 1.18. The normalized spacial score (nSPS) is 9.72. The number of likely N-dealkylation sites (N-methyl/N-ethyl adjacent to an activating group) is 1. The van der Waals surface area contributed by atoms with Crippen molar-refractivity contribution in [1.29, 1.82) is 0 Å². The molecule has 9 nitrogen and oxygen atoms in total. The molecule has 0 fully saturated rings. The third-order valence-electron chi connectivity index (χ3n) is 2.15. The summed E-state index contributed by atoms with van der Waals surface area (Å²) in [7, 11) is 4.71. The van der Waals surface area contributed by atoms with Crippen LogP contribution in [0.2, 0.25) is 0 Å². The van der Waals surface area contributed by atoms with Crippen LogP contribution in [-0.2, 0) is 4.79 Å². The van der Waals surface area contributed by atoms with Gasteiger partial charge >= 0.3 is 5.69 Å². The molecule has 0 saturated heterocycles. The summed E-state index contributed by atoms with van der Waals surface area (Å²) >= 11 is 0. The average molecular weight is 254 g/mol. The molecule has 1 aromatic heterocycles. The van der Waals surface area contributed by atoms with Crippen molar-refractivity contribution in [1.82, 2.24) is 14.9 Å². The molecule has 1 heterocycles. The average Bonchev–Trinajstić information content (AvgIpc) is 2.34. The third kappa shape index (κ3) is 3.03. The number of nitro groups is 1. The van der Waals surface area contributed by atoms with Crippen molar-refractivity contribution in [3.05, 3.63) is 16.4 Å². The van der Waals surface area contributed by atoms with Crippen LogP contribution in [0.15, 0.2) is 6.33 Å². The number of anilines is 2. The van der Waals surface area contributed by atoms with Crippen LogP contribution in [0.3, 0.4) is 0 Å². The van der Waals surface area contributed by atoms with E-state index < -0.39 is 4.92 Å². The second-order valence-electron chi connectivity index (χ2n) is 3.57. The van der Waals surface area contributed by atoms with Gasteiger partial charge in [0.25, 0.3) is 0 Å². The van der Waals surface area contributed by atoms with E-state index in [0.717, 1.165) is 0 Å². The van der Waals surface area contributed by atoms with E-state index in [9.17, 15) is 14.9 Å². The standard InChI is InChI=1S/C9H14N6O3/c1-10-8-7(15(17)18)9(13-5-12-8)11-4-6(16)14(2)3/h5H,4H2,1-3H3,(H2,10,11,12,13). The van der Waals surface area contributed by atoms with Crippen LogP contribution in [0, 0.1) is 10.1 Å². The Morgan fingerprint density at radius 3 is 2.56 bits per heavy atom. The molecule has 0 spiro atoms. The minimum atomic E-state index is -0.603. The smallest absolute Gasteiger partial charge is 0.353 e. The van der Waals surface area contributed by atoms with Crippen molar-refractivity contribution in [2.24, 2.45) is 0 Å². The molecule has 0 atom stereocenters. The molecule has 9 heteroatoms. The number of rotatable bonds is 5. The van der Waals surface area contributed by atoms with E-state index in [4.69, 9.17) is 0 Å². The summed E-state index contributed by atoms with van der Waals surface area (Å²) in [5.74, 6) is -0.113. The summed E-state index contributed by atoms with van der Waals surface area (Å²) < 4.78 is 0. The molecule has 98 valence electrons. The Bertz CT molecular complexity index is 462. The van der Waals surface area contributed by atoms with E-state index >= 15 is 0 Å². The molecule has 0 aliphatic rings. The molecule has 0 aromatic carbocycles. The van der Waals surface area contributed by atoms with Crippen molar-refractivity contribution in [3.63, 3.8) is 0 Å². The van der Waals surface area contributed by atoms with Crippen LogP contribution < -0.4 is 10.6 Å². The lowest BCUT2D eigenvalue weighted by Gasteiger charge is -2.11. The molecule has 0 unspecified atom stereocenters. The zero-order valence-electron chi connectivity index (χ0n) is 10.3. The molecule has 0 aliphatic heterocycles. The van der Waals surface area contributed by atoms with E-state index in [1.807, 2.05) is 0 Å². The van der Waals surface area contributed by atoms with E-state index in [-0.39, 0.29) is 29.8 Å². The number of hydrogen-bond acceptors (Lipinski definition) is 7. The summed E-state index contributed by atoms with van der Waals surface area (Å²) in [6.45, 7) is -0.0754. The van der Waals surface area contributed by atoms with E-state index in [1.165, 1.54) is 18.3 Å². The molecular weight excluding hydrogens is 240 g/mol. The Labute approximate surface area is 103 Å². The highest BCUT2D eigenvalue weighted by Crippen LogP contribution is 2.27. The molecule has 18 heavy (non-hydrogen) atoms. The molecule has 0 bridgehead atoms. The van der Waals surface area contributed by atoms with Gasteiger partial charge in [0, 0.05) is 21.1 Å². The molecular formula is C9H14N6O3. The van der Waals surface area contributed by atoms with Crippen molar-refractivity contribution < 1.29 is 9.72 Å². The van der Waals surface area contributed by atoms with Crippen molar-refractivity contribution in [2.45, 2.75) is 0 Å². The van der Waals surface area contributed by atoms with Crippen LogP contribution in [0.5, 0.6) is 0 Å². The monoisotopic (exact) mass is 254 g/mol. The molecule has 2 N–H and O–H groups in total. The Balaban J connectivity index is 2.95. The zero-order valence-corrected chi connectivity index (χ0v) is 10.3. The first-order valence-electron chi connectivity index (χ1n) is 5.08. The van der Waals surface area contributed by atoms with Crippen LogP contribution in [-0.4, -0.2) is 53.4 Å². The van der Waals surface area contributed by atoms with Gasteiger partial charge in [0.05, 0.1) is 11.5 Å².